The van der Waals surface area contributed by atoms with Crippen LogP contribution in [0.1, 0.15) is 50.6 Å². The monoisotopic (exact) mass is 348 g/mol. The molecule has 1 aromatic rings. The van der Waals surface area contributed by atoms with Crippen molar-refractivity contribution < 1.29 is 9.53 Å². The average molecular weight is 348 g/mol. The predicted octanol–water partition coefficient (Wildman–Crippen LogP) is 2.06. The molecule has 1 saturated heterocycles. The van der Waals surface area contributed by atoms with Crippen molar-refractivity contribution in [2.45, 2.75) is 59.7 Å². The zero-order valence-electron chi connectivity index (χ0n) is 16.0. The summed E-state index contributed by atoms with van der Waals surface area (Å²) in [6.07, 6.45) is 2.66. The molecular weight excluding hydrogens is 316 g/mol. The molecule has 0 unspecified atom stereocenters. The van der Waals surface area contributed by atoms with Crippen LogP contribution < -0.4 is 0 Å². The molecule has 3 rings (SSSR count). The number of aromatic nitrogens is 2. The largest absolute Gasteiger partial charge is 0.376 e. The maximum absolute atomic E-state index is 12.3. The zero-order valence-corrected chi connectivity index (χ0v) is 16.0. The summed E-state index contributed by atoms with van der Waals surface area (Å²) in [5.41, 5.74) is 3.82. The van der Waals surface area contributed by atoms with E-state index in [2.05, 4.69) is 30.4 Å². The number of amides is 1. The van der Waals surface area contributed by atoms with Gasteiger partial charge in [0, 0.05) is 63.4 Å². The summed E-state index contributed by atoms with van der Waals surface area (Å²) in [7, 11) is 0. The van der Waals surface area contributed by atoms with Crippen molar-refractivity contribution in [2.24, 2.45) is 5.92 Å². The Balaban J connectivity index is 1.63. The third kappa shape index (κ3) is 4.42. The number of hydrogen-bond donors (Lipinski definition) is 0. The summed E-state index contributed by atoms with van der Waals surface area (Å²) >= 11 is 0. The van der Waals surface area contributed by atoms with Crippen LogP contribution in [-0.4, -0.2) is 58.3 Å². The molecule has 140 valence electrons. The summed E-state index contributed by atoms with van der Waals surface area (Å²) in [5, 5.41) is 4.84. The van der Waals surface area contributed by atoms with Crippen LogP contribution in [0.15, 0.2) is 0 Å². The van der Waals surface area contributed by atoms with Crippen molar-refractivity contribution in [3.63, 3.8) is 0 Å². The first-order valence-electron chi connectivity index (χ1n) is 9.73. The van der Waals surface area contributed by atoms with Crippen molar-refractivity contribution in [3.05, 3.63) is 17.0 Å². The third-order valence-electron chi connectivity index (χ3n) is 5.18. The van der Waals surface area contributed by atoms with E-state index in [-0.39, 0.29) is 0 Å². The standard InChI is InChI=1S/C19H32N4O2/c1-4-23-18-6-11-25-14-16(18)17(20-23)13-21-7-5-8-22(10-9-21)19(24)12-15(2)3/h15H,4-14H2,1-3H3. The number of hydrogen-bond acceptors (Lipinski definition) is 4. The van der Waals surface area contributed by atoms with Crippen LogP contribution in [0.2, 0.25) is 0 Å². The van der Waals surface area contributed by atoms with E-state index >= 15 is 0 Å². The van der Waals surface area contributed by atoms with Gasteiger partial charge in [-0.05, 0) is 19.3 Å². The van der Waals surface area contributed by atoms with Gasteiger partial charge in [-0.25, -0.2) is 0 Å². The lowest BCUT2D eigenvalue weighted by atomic mass is 10.1. The Morgan fingerprint density at radius 2 is 2.08 bits per heavy atom. The molecule has 1 fully saturated rings. The Kier molecular flexibility index (Phi) is 6.12. The third-order valence-corrected chi connectivity index (χ3v) is 5.18. The number of carbonyl (C=O) groups is 1. The van der Waals surface area contributed by atoms with Crippen molar-refractivity contribution in [2.75, 3.05) is 32.8 Å². The van der Waals surface area contributed by atoms with Crippen LogP contribution in [0.5, 0.6) is 0 Å². The van der Waals surface area contributed by atoms with Gasteiger partial charge in [0.1, 0.15) is 0 Å². The van der Waals surface area contributed by atoms with Crippen LogP contribution in [0, 0.1) is 5.92 Å². The first kappa shape index (κ1) is 18.4. The van der Waals surface area contributed by atoms with E-state index in [1.54, 1.807) is 0 Å². The number of aryl methyl sites for hydroxylation is 1. The molecule has 2 aliphatic rings. The molecule has 6 nitrogen and oxygen atoms in total. The van der Waals surface area contributed by atoms with Crippen LogP contribution in [-0.2, 0) is 35.6 Å². The highest BCUT2D eigenvalue weighted by molar-refractivity contribution is 5.76. The molecule has 1 aromatic heterocycles. The average Bonchev–Trinajstić information content (AvgIpc) is 2.77. The molecule has 0 radical (unpaired) electrons. The lowest BCUT2D eigenvalue weighted by Gasteiger charge is -2.22. The molecular formula is C19H32N4O2. The molecule has 0 aromatic carbocycles. The summed E-state index contributed by atoms with van der Waals surface area (Å²) in [5.74, 6) is 0.731. The second kappa shape index (κ2) is 8.32. The van der Waals surface area contributed by atoms with Crippen molar-refractivity contribution in [1.82, 2.24) is 19.6 Å². The van der Waals surface area contributed by atoms with E-state index in [4.69, 9.17) is 9.84 Å². The summed E-state index contributed by atoms with van der Waals surface area (Å²) < 4.78 is 7.81. The molecule has 0 atom stereocenters. The highest BCUT2D eigenvalue weighted by Gasteiger charge is 2.24. The van der Waals surface area contributed by atoms with E-state index < -0.39 is 0 Å². The zero-order chi connectivity index (χ0) is 17.8. The second-order valence-electron chi connectivity index (χ2n) is 7.60. The first-order chi connectivity index (χ1) is 12.1. The van der Waals surface area contributed by atoms with Crippen LogP contribution in [0.3, 0.4) is 0 Å². The van der Waals surface area contributed by atoms with Crippen molar-refractivity contribution in [1.29, 1.82) is 0 Å². The Hall–Kier alpha value is -1.40. The molecule has 1 amide bonds. The molecule has 0 bridgehead atoms. The smallest absolute Gasteiger partial charge is 0.222 e. The van der Waals surface area contributed by atoms with Gasteiger partial charge in [0.05, 0.1) is 18.9 Å². The molecule has 0 saturated carbocycles. The number of ether oxygens (including phenoxy) is 1. The Labute approximate surface area is 151 Å². The minimum Gasteiger partial charge on any atom is -0.376 e. The van der Waals surface area contributed by atoms with E-state index in [1.165, 1.54) is 17.0 Å². The van der Waals surface area contributed by atoms with Gasteiger partial charge in [-0.3, -0.25) is 14.4 Å². The molecule has 0 N–H and O–H groups in total. The molecule has 2 aliphatic heterocycles. The number of rotatable bonds is 5. The summed E-state index contributed by atoms with van der Waals surface area (Å²) in [4.78, 5) is 16.8. The fourth-order valence-electron chi connectivity index (χ4n) is 3.84. The van der Waals surface area contributed by atoms with Gasteiger partial charge in [0.2, 0.25) is 5.91 Å². The summed E-state index contributed by atoms with van der Waals surface area (Å²) in [6.45, 7) is 13.3. The quantitative estimate of drug-likeness (QED) is 0.817. The van der Waals surface area contributed by atoms with E-state index in [0.717, 1.165) is 58.7 Å². The molecule has 3 heterocycles. The normalized spacial score (nSPS) is 19.1. The van der Waals surface area contributed by atoms with Gasteiger partial charge in [0.15, 0.2) is 0 Å². The fraction of sp³-hybridized carbons (Fsp3) is 0.789. The fourth-order valence-corrected chi connectivity index (χ4v) is 3.84. The molecule has 0 aliphatic carbocycles. The van der Waals surface area contributed by atoms with E-state index in [0.29, 0.717) is 24.9 Å². The SMILES string of the molecule is CCn1nc(CN2CCCN(C(=O)CC(C)C)CC2)c2c1CCOC2. The van der Waals surface area contributed by atoms with Gasteiger partial charge in [-0.2, -0.15) is 5.10 Å². The van der Waals surface area contributed by atoms with Crippen molar-refractivity contribution >= 4 is 5.91 Å². The lowest BCUT2D eigenvalue weighted by Crippen LogP contribution is -2.35. The molecule has 0 spiro atoms. The van der Waals surface area contributed by atoms with Gasteiger partial charge < -0.3 is 9.64 Å². The highest BCUT2D eigenvalue weighted by Crippen LogP contribution is 2.22. The van der Waals surface area contributed by atoms with Crippen LogP contribution >= 0.6 is 0 Å². The number of fused-ring (bicyclic) bond motifs is 1. The number of nitrogens with zero attached hydrogens (tertiary/aromatic N) is 4. The van der Waals surface area contributed by atoms with Crippen LogP contribution in [0.4, 0.5) is 0 Å². The maximum atomic E-state index is 12.3. The van der Waals surface area contributed by atoms with E-state index in [1.807, 2.05) is 4.90 Å². The van der Waals surface area contributed by atoms with Crippen molar-refractivity contribution in [3.8, 4) is 0 Å². The van der Waals surface area contributed by atoms with Gasteiger partial charge in [0.25, 0.3) is 0 Å². The Morgan fingerprint density at radius 1 is 1.24 bits per heavy atom. The molecule has 6 heteroatoms. The molecule has 25 heavy (non-hydrogen) atoms. The first-order valence-corrected chi connectivity index (χ1v) is 9.73. The van der Waals surface area contributed by atoms with Gasteiger partial charge >= 0.3 is 0 Å². The minimum absolute atomic E-state index is 0.304. The minimum atomic E-state index is 0.304. The predicted molar refractivity (Wildman–Crippen MR) is 97.2 cm³/mol. The van der Waals surface area contributed by atoms with Crippen LogP contribution in [0.25, 0.3) is 0 Å². The maximum Gasteiger partial charge on any atom is 0.222 e. The number of carbonyl (C=O) groups excluding carboxylic acids is 1. The highest BCUT2D eigenvalue weighted by atomic mass is 16.5. The van der Waals surface area contributed by atoms with Gasteiger partial charge in [-0.15, -0.1) is 0 Å². The topological polar surface area (TPSA) is 50.6 Å². The Bertz CT molecular complexity index is 596. The summed E-state index contributed by atoms with van der Waals surface area (Å²) in [6, 6.07) is 0. The van der Waals surface area contributed by atoms with E-state index in [9.17, 15) is 4.79 Å². The Morgan fingerprint density at radius 3 is 2.84 bits per heavy atom. The van der Waals surface area contributed by atoms with Gasteiger partial charge in [-0.1, -0.05) is 13.8 Å². The lowest BCUT2D eigenvalue weighted by molar-refractivity contribution is -0.131. The second-order valence-corrected chi connectivity index (χ2v) is 7.60.